The predicted molar refractivity (Wildman–Crippen MR) is 134 cm³/mol. The van der Waals surface area contributed by atoms with E-state index in [0.29, 0.717) is 30.5 Å². The van der Waals surface area contributed by atoms with E-state index in [2.05, 4.69) is 0 Å². The molecule has 2 amide bonds. The van der Waals surface area contributed by atoms with Crippen LogP contribution in [0.15, 0.2) is 41.2 Å². The van der Waals surface area contributed by atoms with Crippen molar-refractivity contribution in [1.82, 2.24) is 14.4 Å². The summed E-state index contributed by atoms with van der Waals surface area (Å²) >= 11 is 5.40. The lowest BCUT2D eigenvalue weighted by molar-refractivity contribution is -0.915. The number of aromatic nitrogens is 1. The largest absolute Gasteiger partial charge is 0.454 e. The Kier molecular flexibility index (Phi) is 5.42. The Labute approximate surface area is 214 Å². The molecule has 4 aliphatic heterocycles. The van der Waals surface area contributed by atoms with Gasteiger partial charge in [-0.2, -0.15) is 0 Å². The molecule has 3 atom stereocenters. The van der Waals surface area contributed by atoms with Crippen molar-refractivity contribution in [2.75, 3.05) is 40.5 Å². The molecule has 0 radical (unpaired) electrons. The maximum atomic E-state index is 13.9. The maximum absolute atomic E-state index is 13.9. The number of likely N-dealkylation sites (tertiary alicyclic amines) is 1. The summed E-state index contributed by atoms with van der Waals surface area (Å²) in [6.07, 6.45) is 1.27. The molecule has 1 aromatic carbocycles. The van der Waals surface area contributed by atoms with Gasteiger partial charge in [0, 0.05) is 50.7 Å². The van der Waals surface area contributed by atoms with Gasteiger partial charge in [-0.3, -0.25) is 24.2 Å². The quantitative estimate of drug-likeness (QED) is 0.462. The summed E-state index contributed by atoms with van der Waals surface area (Å²) in [7, 11) is 3.29. The molecule has 1 aromatic heterocycles. The first-order valence-corrected chi connectivity index (χ1v) is 12.7. The second kappa shape index (κ2) is 8.41. The lowest BCUT2D eigenvalue weighted by atomic mass is 9.75. The highest BCUT2D eigenvalue weighted by Crippen LogP contribution is 2.37. The molecule has 2 saturated heterocycles. The number of hydrogen-bond donors (Lipinski definition) is 1. The molecule has 2 fully saturated rings. The summed E-state index contributed by atoms with van der Waals surface area (Å²) < 4.78 is 12.9. The highest BCUT2D eigenvalue weighted by molar-refractivity contribution is 7.80. The minimum Gasteiger partial charge on any atom is -0.454 e. The molecule has 10 heteroatoms. The van der Waals surface area contributed by atoms with Crippen LogP contribution in [0.1, 0.15) is 23.6 Å². The Morgan fingerprint density at radius 1 is 1.03 bits per heavy atom. The number of carbonyl (C=O) groups excluding carboxylic acids is 2. The number of pyridine rings is 1. The van der Waals surface area contributed by atoms with Crippen molar-refractivity contribution in [3.05, 3.63) is 58.0 Å². The van der Waals surface area contributed by atoms with Crippen molar-refractivity contribution in [3.8, 4) is 11.5 Å². The molecule has 1 unspecified atom stereocenters. The third kappa shape index (κ3) is 3.54. The number of rotatable bonds is 4. The van der Waals surface area contributed by atoms with Crippen molar-refractivity contribution in [2.24, 2.45) is 11.3 Å². The second-order valence-corrected chi connectivity index (χ2v) is 10.9. The van der Waals surface area contributed by atoms with E-state index in [1.165, 1.54) is 14.7 Å². The number of fused-ring (bicyclic) bond motifs is 5. The van der Waals surface area contributed by atoms with Gasteiger partial charge in [0.05, 0.1) is 13.1 Å². The van der Waals surface area contributed by atoms with Gasteiger partial charge >= 0.3 is 0 Å². The molecule has 9 nitrogen and oxygen atoms in total. The van der Waals surface area contributed by atoms with E-state index in [1.807, 2.05) is 34.9 Å². The van der Waals surface area contributed by atoms with Crippen LogP contribution in [0.25, 0.3) is 0 Å². The van der Waals surface area contributed by atoms with Crippen molar-refractivity contribution in [2.45, 2.75) is 25.3 Å². The third-order valence-corrected chi connectivity index (χ3v) is 8.72. The van der Waals surface area contributed by atoms with Crippen LogP contribution < -0.4 is 19.9 Å². The van der Waals surface area contributed by atoms with E-state index < -0.39 is 5.41 Å². The number of quaternary nitrogens is 1. The van der Waals surface area contributed by atoms with Crippen molar-refractivity contribution in [1.29, 1.82) is 0 Å². The van der Waals surface area contributed by atoms with Gasteiger partial charge in [0.2, 0.25) is 18.6 Å². The van der Waals surface area contributed by atoms with Gasteiger partial charge in [0.15, 0.2) is 22.0 Å². The normalized spacial score (nSPS) is 26.3. The zero-order chi connectivity index (χ0) is 25.2. The van der Waals surface area contributed by atoms with Gasteiger partial charge in [0.25, 0.3) is 5.56 Å². The lowest BCUT2D eigenvalue weighted by Crippen LogP contribution is -3.16. The molecule has 0 saturated carbocycles. The van der Waals surface area contributed by atoms with Gasteiger partial charge in [-0.25, -0.2) is 0 Å². The van der Waals surface area contributed by atoms with Gasteiger partial charge in [-0.1, -0.05) is 12.1 Å². The highest BCUT2D eigenvalue weighted by atomic mass is 32.1. The summed E-state index contributed by atoms with van der Waals surface area (Å²) in [4.78, 5) is 44.3. The molecule has 5 heterocycles. The fraction of sp³-hybridized carbons (Fsp3) is 0.462. The smallest absolute Gasteiger partial charge is 0.250 e. The molecular formula is C26H29N4O5S+. The number of carbonyl (C=O) groups is 2. The number of piperidine rings is 1. The van der Waals surface area contributed by atoms with E-state index in [9.17, 15) is 14.4 Å². The van der Waals surface area contributed by atoms with Crippen LogP contribution in [0.4, 0.5) is 0 Å². The SMILES string of the molecule is CN1C(=O)C(Cc2ccc3c(c2)OCO3)(C[NH+]2C[C@H]3C[C@H](C2)c2cccc(=O)n2C3)C(=O)N(C)C1=S. The molecule has 6 rings (SSSR count). The summed E-state index contributed by atoms with van der Waals surface area (Å²) in [5.41, 5.74) is 0.637. The van der Waals surface area contributed by atoms with Gasteiger partial charge < -0.3 is 18.9 Å². The van der Waals surface area contributed by atoms with Gasteiger partial charge in [-0.15, -0.1) is 0 Å². The van der Waals surface area contributed by atoms with Crippen LogP contribution in [0.2, 0.25) is 0 Å². The lowest BCUT2D eigenvalue weighted by Gasteiger charge is -2.46. The van der Waals surface area contributed by atoms with Gasteiger partial charge in [0.1, 0.15) is 6.54 Å². The monoisotopic (exact) mass is 509 g/mol. The first-order valence-electron chi connectivity index (χ1n) is 12.3. The third-order valence-electron chi connectivity index (χ3n) is 8.17. The number of ether oxygens (including phenoxy) is 2. The van der Waals surface area contributed by atoms with E-state index in [1.54, 1.807) is 20.2 Å². The molecular weight excluding hydrogens is 480 g/mol. The van der Waals surface area contributed by atoms with Crippen molar-refractivity contribution in [3.63, 3.8) is 0 Å². The summed E-state index contributed by atoms with van der Waals surface area (Å²) in [6, 6.07) is 11.1. The van der Waals surface area contributed by atoms with Crippen LogP contribution in [0, 0.1) is 11.3 Å². The first-order chi connectivity index (χ1) is 17.3. The van der Waals surface area contributed by atoms with E-state index in [0.717, 1.165) is 30.8 Å². The fourth-order valence-electron chi connectivity index (χ4n) is 6.59. The Bertz CT molecular complexity index is 1320. The Hall–Kier alpha value is -3.24. The molecule has 2 bridgehead atoms. The number of thiocarbonyl (C=S) groups is 1. The average Bonchev–Trinajstić information content (AvgIpc) is 3.34. The Morgan fingerprint density at radius 3 is 2.56 bits per heavy atom. The standard InChI is InChI=1S/C26H28N4O5S/c1-27-23(32)26(24(33)28(2)25(27)36,10-16-6-7-20-21(9-16)35-15-34-20)14-29-11-17-8-18(13-29)19-4-3-5-22(31)30(19)12-17/h3-7,9,17-18H,8,10-15H2,1-2H3/p+1/t17-,18-/m1/s1. The zero-order valence-corrected chi connectivity index (χ0v) is 21.2. The van der Waals surface area contributed by atoms with Crippen molar-refractivity contribution >= 4 is 29.1 Å². The summed E-state index contributed by atoms with van der Waals surface area (Å²) in [6.45, 7) is 2.77. The molecule has 4 aliphatic rings. The minimum absolute atomic E-state index is 0.0410. The number of nitrogens with one attached hydrogen (secondary N) is 1. The number of nitrogens with zero attached hydrogens (tertiary/aromatic N) is 3. The van der Waals surface area contributed by atoms with Crippen LogP contribution in [-0.4, -0.2) is 71.8 Å². The number of amides is 2. The van der Waals surface area contributed by atoms with Crippen molar-refractivity contribution < 1.29 is 24.0 Å². The van der Waals surface area contributed by atoms with Crippen LogP contribution in [0.5, 0.6) is 11.5 Å². The second-order valence-electron chi connectivity index (χ2n) is 10.5. The molecule has 188 valence electrons. The highest BCUT2D eigenvalue weighted by Gasteiger charge is 2.57. The number of benzene rings is 1. The zero-order valence-electron chi connectivity index (χ0n) is 20.4. The molecule has 0 spiro atoms. The van der Waals surface area contributed by atoms with Crippen LogP contribution in [0.3, 0.4) is 0 Å². The summed E-state index contributed by atoms with van der Waals surface area (Å²) in [5, 5.41) is 0.213. The van der Waals surface area contributed by atoms with E-state index in [4.69, 9.17) is 21.7 Å². The summed E-state index contributed by atoms with van der Waals surface area (Å²) in [5.74, 6) is 1.28. The van der Waals surface area contributed by atoms with Crippen LogP contribution in [-0.2, 0) is 22.6 Å². The molecule has 36 heavy (non-hydrogen) atoms. The van der Waals surface area contributed by atoms with E-state index >= 15 is 0 Å². The van der Waals surface area contributed by atoms with Crippen LogP contribution >= 0.6 is 12.2 Å². The number of hydrogen-bond acceptors (Lipinski definition) is 6. The Morgan fingerprint density at radius 2 is 1.78 bits per heavy atom. The fourth-order valence-corrected chi connectivity index (χ4v) is 6.75. The molecule has 2 aromatic rings. The predicted octanol–water partition coefficient (Wildman–Crippen LogP) is 0.0234. The molecule has 1 N–H and O–H groups in total. The molecule has 0 aliphatic carbocycles. The first kappa shape index (κ1) is 23.2. The maximum Gasteiger partial charge on any atom is 0.250 e. The van der Waals surface area contributed by atoms with E-state index in [-0.39, 0.29) is 41.6 Å². The average molecular weight is 510 g/mol. The van der Waals surface area contributed by atoms with Gasteiger partial charge in [-0.05, 0) is 42.4 Å². The topological polar surface area (TPSA) is 85.5 Å². The Balaban J connectivity index is 1.35. The minimum atomic E-state index is -1.29.